The van der Waals surface area contributed by atoms with Gasteiger partial charge in [0.1, 0.15) is 5.82 Å². The van der Waals surface area contributed by atoms with Gasteiger partial charge in [-0.2, -0.15) is 0 Å². The topological polar surface area (TPSA) is 57.8 Å². The molecule has 4 rings (SSSR count). The third kappa shape index (κ3) is 2.95. The Morgan fingerprint density at radius 1 is 1.08 bits per heavy atom. The lowest BCUT2D eigenvalue weighted by Crippen LogP contribution is -2.23. The van der Waals surface area contributed by atoms with Gasteiger partial charge in [-0.05, 0) is 55.7 Å². The lowest BCUT2D eigenvalue weighted by molar-refractivity contribution is -0.120. The van der Waals surface area contributed by atoms with Gasteiger partial charge in [-0.15, -0.1) is 0 Å². The summed E-state index contributed by atoms with van der Waals surface area (Å²) in [5.74, 6) is 1.03. The Kier molecular flexibility index (Phi) is 3.87. The molecule has 4 nitrogen and oxygen atoms in total. The number of carbonyl (C=O) groups is 1. The number of benzene rings is 2. The van der Waals surface area contributed by atoms with E-state index < -0.39 is 0 Å². The second kappa shape index (κ2) is 6.32. The summed E-state index contributed by atoms with van der Waals surface area (Å²) in [7, 11) is 0. The van der Waals surface area contributed by atoms with Crippen molar-refractivity contribution in [3.8, 4) is 11.4 Å². The van der Waals surface area contributed by atoms with Crippen molar-refractivity contribution in [3.05, 3.63) is 60.7 Å². The number of carbonyl (C=O) groups excluding carboxylic acids is 1. The number of imidazole rings is 1. The van der Waals surface area contributed by atoms with E-state index in [2.05, 4.69) is 27.4 Å². The van der Waals surface area contributed by atoms with Gasteiger partial charge < -0.3 is 10.3 Å². The van der Waals surface area contributed by atoms with Gasteiger partial charge in [0.25, 0.3) is 0 Å². The van der Waals surface area contributed by atoms with Crippen molar-refractivity contribution >= 4 is 22.6 Å². The summed E-state index contributed by atoms with van der Waals surface area (Å²) in [6, 6.07) is 15.8. The molecule has 24 heavy (non-hydrogen) atoms. The van der Waals surface area contributed by atoms with Gasteiger partial charge in [-0.3, -0.25) is 4.79 Å². The Hall–Kier alpha value is -2.88. The number of rotatable bonds is 3. The third-order valence-corrected chi connectivity index (χ3v) is 4.46. The molecule has 1 amide bonds. The summed E-state index contributed by atoms with van der Waals surface area (Å²) in [5.41, 5.74) is 3.81. The number of aromatic amines is 1. The van der Waals surface area contributed by atoms with Crippen LogP contribution in [0.1, 0.15) is 19.3 Å². The van der Waals surface area contributed by atoms with E-state index in [9.17, 15) is 4.79 Å². The summed E-state index contributed by atoms with van der Waals surface area (Å²) in [4.78, 5) is 20.2. The van der Waals surface area contributed by atoms with E-state index >= 15 is 0 Å². The minimum Gasteiger partial charge on any atom is -0.338 e. The van der Waals surface area contributed by atoms with Crippen LogP contribution in [0.4, 0.5) is 5.69 Å². The Morgan fingerprint density at radius 2 is 1.92 bits per heavy atom. The van der Waals surface area contributed by atoms with E-state index in [1.807, 2.05) is 48.5 Å². The fraction of sp³-hybridized carbons (Fsp3) is 0.200. The SMILES string of the molecule is O=C(Nc1ccc(-c2nc3ccccc3[nH]2)cc1)C1CC=CCC1. The van der Waals surface area contributed by atoms with Gasteiger partial charge >= 0.3 is 0 Å². The lowest BCUT2D eigenvalue weighted by atomic mass is 9.93. The van der Waals surface area contributed by atoms with Crippen LogP contribution < -0.4 is 5.32 Å². The van der Waals surface area contributed by atoms with Crippen LogP contribution in [0.2, 0.25) is 0 Å². The van der Waals surface area contributed by atoms with Crippen molar-refractivity contribution in [2.75, 3.05) is 5.32 Å². The zero-order valence-electron chi connectivity index (χ0n) is 13.3. The smallest absolute Gasteiger partial charge is 0.227 e. The molecule has 120 valence electrons. The number of H-pyrrole nitrogens is 1. The molecule has 0 saturated heterocycles. The van der Waals surface area contributed by atoms with Gasteiger partial charge in [0.15, 0.2) is 0 Å². The van der Waals surface area contributed by atoms with Gasteiger partial charge in [-0.1, -0.05) is 24.3 Å². The molecule has 1 heterocycles. The number of fused-ring (bicyclic) bond motifs is 1. The summed E-state index contributed by atoms with van der Waals surface area (Å²) >= 11 is 0. The van der Waals surface area contributed by atoms with Crippen LogP contribution in [-0.2, 0) is 4.79 Å². The number of hydrogen-bond donors (Lipinski definition) is 2. The maximum Gasteiger partial charge on any atom is 0.227 e. The second-order valence-corrected chi connectivity index (χ2v) is 6.15. The number of aromatic nitrogens is 2. The Morgan fingerprint density at radius 3 is 2.67 bits per heavy atom. The molecule has 4 heteroatoms. The minimum atomic E-state index is 0.0880. The average Bonchev–Trinajstić information content (AvgIpc) is 3.07. The molecule has 0 radical (unpaired) electrons. The summed E-state index contributed by atoms with van der Waals surface area (Å²) in [6.07, 6.45) is 7.00. The Bertz CT molecular complexity index is 860. The number of nitrogens with one attached hydrogen (secondary N) is 2. The molecular weight excluding hydrogens is 298 g/mol. The van der Waals surface area contributed by atoms with Crippen molar-refractivity contribution in [1.82, 2.24) is 9.97 Å². The van der Waals surface area contributed by atoms with Crippen molar-refractivity contribution in [2.45, 2.75) is 19.3 Å². The fourth-order valence-electron chi connectivity index (χ4n) is 3.08. The molecule has 0 aliphatic heterocycles. The van der Waals surface area contributed by atoms with Crippen molar-refractivity contribution in [3.63, 3.8) is 0 Å². The van der Waals surface area contributed by atoms with Crippen molar-refractivity contribution in [1.29, 1.82) is 0 Å². The van der Waals surface area contributed by atoms with Crippen LogP contribution in [-0.4, -0.2) is 15.9 Å². The fourth-order valence-corrected chi connectivity index (χ4v) is 3.08. The van der Waals surface area contributed by atoms with E-state index in [0.29, 0.717) is 0 Å². The van der Waals surface area contributed by atoms with Crippen LogP contribution in [0.5, 0.6) is 0 Å². The normalized spacial score (nSPS) is 17.1. The molecule has 2 N–H and O–H groups in total. The predicted molar refractivity (Wildman–Crippen MR) is 96.6 cm³/mol. The van der Waals surface area contributed by atoms with E-state index in [1.165, 1.54) is 0 Å². The van der Waals surface area contributed by atoms with Gasteiger partial charge in [-0.25, -0.2) is 4.98 Å². The highest BCUT2D eigenvalue weighted by molar-refractivity contribution is 5.93. The second-order valence-electron chi connectivity index (χ2n) is 6.15. The maximum atomic E-state index is 12.3. The molecule has 1 atom stereocenters. The number of hydrogen-bond acceptors (Lipinski definition) is 2. The third-order valence-electron chi connectivity index (χ3n) is 4.46. The monoisotopic (exact) mass is 317 g/mol. The van der Waals surface area contributed by atoms with E-state index in [4.69, 9.17) is 0 Å². The summed E-state index contributed by atoms with van der Waals surface area (Å²) in [6.45, 7) is 0. The van der Waals surface area contributed by atoms with E-state index in [1.54, 1.807) is 0 Å². The zero-order valence-corrected chi connectivity index (χ0v) is 13.3. The number of allylic oxidation sites excluding steroid dienone is 2. The highest BCUT2D eigenvalue weighted by Crippen LogP contribution is 2.23. The molecule has 0 bridgehead atoms. The molecule has 1 aromatic heterocycles. The molecule has 1 aliphatic carbocycles. The van der Waals surface area contributed by atoms with Crippen LogP contribution in [0.15, 0.2) is 60.7 Å². The quantitative estimate of drug-likeness (QED) is 0.698. The summed E-state index contributed by atoms with van der Waals surface area (Å²) in [5, 5.41) is 3.01. The molecule has 0 saturated carbocycles. The molecular formula is C20H19N3O. The average molecular weight is 317 g/mol. The minimum absolute atomic E-state index is 0.0880. The van der Waals surface area contributed by atoms with Crippen LogP contribution in [0, 0.1) is 5.92 Å². The molecule has 0 fully saturated rings. The number of amides is 1. The first kappa shape index (κ1) is 14.7. The lowest BCUT2D eigenvalue weighted by Gasteiger charge is -2.17. The number of para-hydroxylation sites is 2. The largest absolute Gasteiger partial charge is 0.338 e. The van der Waals surface area contributed by atoms with E-state index in [0.717, 1.165) is 47.4 Å². The molecule has 0 spiro atoms. The van der Waals surface area contributed by atoms with Crippen molar-refractivity contribution in [2.24, 2.45) is 5.92 Å². The van der Waals surface area contributed by atoms with Crippen LogP contribution in [0.3, 0.4) is 0 Å². The standard InChI is InChI=1S/C20H19N3O/c24-20(15-6-2-1-3-7-15)21-16-12-10-14(11-13-16)19-22-17-8-4-5-9-18(17)23-19/h1-2,4-5,8-13,15H,3,6-7H2,(H,21,24)(H,22,23). The van der Waals surface area contributed by atoms with Crippen molar-refractivity contribution < 1.29 is 4.79 Å². The highest BCUT2D eigenvalue weighted by Gasteiger charge is 2.18. The number of anilines is 1. The Labute approximate surface area is 140 Å². The molecule has 1 aliphatic rings. The first-order chi connectivity index (χ1) is 11.8. The first-order valence-electron chi connectivity index (χ1n) is 8.31. The van der Waals surface area contributed by atoms with Gasteiger partial charge in [0.05, 0.1) is 11.0 Å². The maximum absolute atomic E-state index is 12.3. The molecule has 3 aromatic rings. The van der Waals surface area contributed by atoms with Crippen LogP contribution in [0.25, 0.3) is 22.4 Å². The van der Waals surface area contributed by atoms with Gasteiger partial charge in [0.2, 0.25) is 5.91 Å². The van der Waals surface area contributed by atoms with E-state index in [-0.39, 0.29) is 11.8 Å². The highest BCUT2D eigenvalue weighted by atomic mass is 16.1. The number of nitrogens with zero attached hydrogens (tertiary/aromatic N) is 1. The van der Waals surface area contributed by atoms with Crippen LogP contribution >= 0.6 is 0 Å². The Balaban J connectivity index is 1.50. The first-order valence-corrected chi connectivity index (χ1v) is 8.31. The zero-order chi connectivity index (χ0) is 16.4. The summed E-state index contributed by atoms with van der Waals surface area (Å²) < 4.78 is 0. The van der Waals surface area contributed by atoms with Gasteiger partial charge in [0, 0.05) is 17.2 Å². The molecule has 2 aromatic carbocycles. The molecule has 1 unspecified atom stereocenters. The predicted octanol–water partition coefficient (Wildman–Crippen LogP) is 4.52.